The molecule has 1 aromatic carbocycles. The fourth-order valence-corrected chi connectivity index (χ4v) is 2.23. The zero-order chi connectivity index (χ0) is 15.5. The number of pyridine rings is 1. The Labute approximate surface area is 126 Å². The van der Waals surface area contributed by atoms with Crippen LogP contribution in [0.2, 0.25) is 0 Å². The van der Waals surface area contributed by atoms with Gasteiger partial charge in [0.15, 0.2) is 0 Å². The molecule has 0 fully saturated rings. The van der Waals surface area contributed by atoms with E-state index in [0.717, 1.165) is 5.39 Å². The molecular formula is C16H14FN3O2. The van der Waals surface area contributed by atoms with Gasteiger partial charge in [-0.3, -0.25) is 4.79 Å². The Hall–Kier alpha value is -2.89. The Bertz CT molecular complexity index is 812. The molecule has 0 saturated heterocycles. The Balaban J connectivity index is 1.73. The van der Waals surface area contributed by atoms with Gasteiger partial charge in [0.25, 0.3) is 0 Å². The minimum Gasteiger partial charge on any atom is -0.481 e. The Morgan fingerprint density at radius 2 is 2.18 bits per heavy atom. The molecule has 0 radical (unpaired) electrons. The van der Waals surface area contributed by atoms with Gasteiger partial charge in [0.2, 0.25) is 11.8 Å². The average molecular weight is 299 g/mol. The summed E-state index contributed by atoms with van der Waals surface area (Å²) < 4.78 is 20.0. The fourth-order valence-electron chi connectivity index (χ4n) is 2.23. The number of carbonyl (C=O) groups excluding carboxylic acids is 1. The summed E-state index contributed by atoms with van der Waals surface area (Å²) in [6.07, 6.45) is 3.28. The number of anilines is 1. The Kier molecular flexibility index (Phi) is 3.74. The van der Waals surface area contributed by atoms with Crippen LogP contribution in [-0.2, 0) is 11.3 Å². The molecule has 0 saturated carbocycles. The number of nitrogens with one attached hydrogen (secondary N) is 1. The highest BCUT2D eigenvalue weighted by molar-refractivity contribution is 5.91. The second-order valence-corrected chi connectivity index (χ2v) is 4.78. The molecule has 2 heterocycles. The second kappa shape index (κ2) is 5.85. The third-order valence-electron chi connectivity index (χ3n) is 3.28. The van der Waals surface area contributed by atoms with Crippen LogP contribution in [-0.4, -0.2) is 22.6 Å². The third-order valence-corrected chi connectivity index (χ3v) is 3.28. The lowest BCUT2D eigenvalue weighted by Gasteiger charge is -2.08. The molecule has 1 amide bonds. The van der Waals surface area contributed by atoms with E-state index in [2.05, 4.69) is 10.3 Å². The molecular weight excluding hydrogens is 285 g/mol. The van der Waals surface area contributed by atoms with Gasteiger partial charge in [-0.1, -0.05) is 0 Å². The zero-order valence-electron chi connectivity index (χ0n) is 11.9. The van der Waals surface area contributed by atoms with Gasteiger partial charge in [0, 0.05) is 12.3 Å². The van der Waals surface area contributed by atoms with Crippen molar-refractivity contribution in [1.29, 1.82) is 0 Å². The first kappa shape index (κ1) is 14.1. The molecule has 0 atom stereocenters. The van der Waals surface area contributed by atoms with E-state index in [1.54, 1.807) is 29.0 Å². The highest BCUT2D eigenvalue weighted by Crippen LogP contribution is 2.17. The average Bonchev–Trinajstić information content (AvgIpc) is 2.90. The van der Waals surface area contributed by atoms with E-state index in [-0.39, 0.29) is 18.3 Å². The van der Waals surface area contributed by atoms with Gasteiger partial charge in [-0.15, -0.1) is 0 Å². The number of methoxy groups -OCH3 is 1. The summed E-state index contributed by atoms with van der Waals surface area (Å²) >= 11 is 0. The molecule has 2 aromatic heterocycles. The standard InChI is InChI=1S/C16H14FN3O2/c1-22-16-5-4-13(9-18-16)19-15(21)10-20-7-6-11-2-3-12(17)8-14(11)20/h2-9H,10H2,1H3,(H,19,21). The molecule has 1 N–H and O–H groups in total. The summed E-state index contributed by atoms with van der Waals surface area (Å²) in [4.78, 5) is 16.1. The maximum Gasteiger partial charge on any atom is 0.244 e. The molecule has 112 valence electrons. The number of hydrogen-bond donors (Lipinski definition) is 1. The van der Waals surface area contributed by atoms with Crippen molar-refractivity contribution in [1.82, 2.24) is 9.55 Å². The number of aromatic nitrogens is 2. The van der Waals surface area contributed by atoms with Crippen LogP contribution < -0.4 is 10.1 Å². The van der Waals surface area contributed by atoms with Crippen LogP contribution in [0.25, 0.3) is 10.9 Å². The van der Waals surface area contributed by atoms with Crippen molar-refractivity contribution in [2.24, 2.45) is 0 Å². The second-order valence-electron chi connectivity index (χ2n) is 4.78. The van der Waals surface area contributed by atoms with Crippen LogP contribution in [0.5, 0.6) is 5.88 Å². The molecule has 0 bridgehead atoms. The first-order valence-corrected chi connectivity index (χ1v) is 6.70. The van der Waals surface area contributed by atoms with Crippen molar-refractivity contribution in [3.05, 3.63) is 54.6 Å². The first-order chi connectivity index (χ1) is 10.7. The maximum atomic E-state index is 13.3. The SMILES string of the molecule is COc1ccc(NC(=O)Cn2ccc3ccc(F)cc32)cn1. The van der Waals surface area contributed by atoms with Crippen molar-refractivity contribution in [3.63, 3.8) is 0 Å². The molecule has 0 unspecified atom stereocenters. The van der Waals surface area contributed by atoms with E-state index in [1.807, 2.05) is 6.07 Å². The molecule has 22 heavy (non-hydrogen) atoms. The van der Waals surface area contributed by atoms with Crippen molar-refractivity contribution in [2.75, 3.05) is 12.4 Å². The highest BCUT2D eigenvalue weighted by Gasteiger charge is 2.08. The lowest BCUT2D eigenvalue weighted by atomic mass is 10.2. The van der Waals surface area contributed by atoms with Crippen LogP contribution in [0.4, 0.5) is 10.1 Å². The molecule has 0 aliphatic carbocycles. The monoisotopic (exact) mass is 299 g/mol. The summed E-state index contributed by atoms with van der Waals surface area (Å²) in [6.45, 7) is 0.0962. The van der Waals surface area contributed by atoms with E-state index in [1.165, 1.54) is 25.4 Å². The van der Waals surface area contributed by atoms with Crippen LogP contribution in [0.3, 0.4) is 0 Å². The number of amides is 1. The smallest absolute Gasteiger partial charge is 0.244 e. The lowest BCUT2D eigenvalue weighted by Crippen LogP contribution is -2.18. The van der Waals surface area contributed by atoms with Gasteiger partial charge in [-0.05, 0) is 35.7 Å². The summed E-state index contributed by atoms with van der Waals surface area (Å²) in [5.41, 5.74) is 1.26. The lowest BCUT2D eigenvalue weighted by molar-refractivity contribution is -0.116. The molecule has 3 rings (SSSR count). The molecule has 6 heteroatoms. The van der Waals surface area contributed by atoms with Gasteiger partial charge in [0.1, 0.15) is 12.4 Å². The fraction of sp³-hybridized carbons (Fsp3) is 0.125. The van der Waals surface area contributed by atoms with Crippen LogP contribution in [0, 0.1) is 5.82 Å². The minimum atomic E-state index is -0.327. The molecule has 3 aromatic rings. The number of ether oxygens (including phenoxy) is 1. The minimum absolute atomic E-state index is 0.0962. The summed E-state index contributed by atoms with van der Waals surface area (Å²) in [5.74, 6) is -0.0641. The van der Waals surface area contributed by atoms with Crippen LogP contribution in [0.1, 0.15) is 0 Å². The largest absolute Gasteiger partial charge is 0.481 e. The van der Waals surface area contributed by atoms with Gasteiger partial charge >= 0.3 is 0 Å². The van der Waals surface area contributed by atoms with Crippen molar-refractivity contribution < 1.29 is 13.9 Å². The number of fused-ring (bicyclic) bond motifs is 1. The van der Waals surface area contributed by atoms with E-state index in [0.29, 0.717) is 17.1 Å². The van der Waals surface area contributed by atoms with E-state index in [4.69, 9.17) is 4.74 Å². The predicted octanol–water partition coefficient (Wildman–Crippen LogP) is 2.82. The van der Waals surface area contributed by atoms with E-state index in [9.17, 15) is 9.18 Å². The third kappa shape index (κ3) is 2.90. The summed E-state index contributed by atoms with van der Waals surface area (Å²) in [5, 5.41) is 3.63. The topological polar surface area (TPSA) is 56.1 Å². The van der Waals surface area contributed by atoms with E-state index < -0.39 is 0 Å². The van der Waals surface area contributed by atoms with Crippen LogP contribution >= 0.6 is 0 Å². The summed E-state index contributed by atoms with van der Waals surface area (Å²) in [7, 11) is 1.52. The summed E-state index contributed by atoms with van der Waals surface area (Å²) in [6, 6.07) is 9.71. The number of halogens is 1. The quantitative estimate of drug-likeness (QED) is 0.806. The predicted molar refractivity (Wildman–Crippen MR) is 81.3 cm³/mol. The van der Waals surface area contributed by atoms with Gasteiger partial charge in [0.05, 0.1) is 24.5 Å². The number of hydrogen-bond acceptors (Lipinski definition) is 3. The Morgan fingerprint density at radius 1 is 1.32 bits per heavy atom. The first-order valence-electron chi connectivity index (χ1n) is 6.70. The van der Waals surface area contributed by atoms with Crippen LogP contribution in [0.15, 0.2) is 48.8 Å². The number of rotatable bonds is 4. The number of carbonyl (C=O) groups is 1. The highest BCUT2D eigenvalue weighted by atomic mass is 19.1. The maximum absolute atomic E-state index is 13.3. The Morgan fingerprint density at radius 3 is 2.91 bits per heavy atom. The zero-order valence-corrected chi connectivity index (χ0v) is 11.9. The van der Waals surface area contributed by atoms with Crippen molar-refractivity contribution in [2.45, 2.75) is 6.54 Å². The number of benzene rings is 1. The molecule has 5 nitrogen and oxygen atoms in total. The number of nitrogens with zero attached hydrogens (tertiary/aromatic N) is 2. The normalized spacial score (nSPS) is 10.6. The van der Waals surface area contributed by atoms with Crippen molar-refractivity contribution in [3.8, 4) is 5.88 Å². The van der Waals surface area contributed by atoms with Gasteiger partial charge in [-0.2, -0.15) is 0 Å². The molecule has 0 aliphatic rings. The van der Waals surface area contributed by atoms with E-state index >= 15 is 0 Å². The van der Waals surface area contributed by atoms with Gasteiger partial charge < -0.3 is 14.6 Å². The molecule has 0 spiro atoms. The molecule has 0 aliphatic heterocycles. The van der Waals surface area contributed by atoms with Crippen molar-refractivity contribution >= 4 is 22.5 Å². The van der Waals surface area contributed by atoms with Gasteiger partial charge in [-0.25, -0.2) is 9.37 Å².